The molecule has 0 fully saturated rings. The van der Waals surface area contributed by atoms with Crippen LogP contribution in [0, 0.1) is 5.82 Å². The monoisotopic (exact) mass is 401 g/mol. The van der Waals surface area contributed by atoms with Crippen LogP contribution in [0.1, 0.15) is 5.56 Å². The summed E-state index contributed by atoms with van der Waals surface area (Å²) in [6.45, 7) is 0.137. The van der Waals surface area contributed by atoms with E-state index >= 15 is 0 Å². The van der Waals surface area contributed by atoms with Crippen molar-refractivity contribution in [3.8, 4) is 5.75 Å². The smallest absolute Gasteiger partial charge is 0.242 e. The first-order chi connectivity index (χ1) is 12.0. The van der Waals surface area contributed by atoms with Crippen molar-refractivity contribution in [3.63, 3.8) is 0 Å². The number of benzene rings is 2. The third kappa shape index (κ3) is 4.20. The van der Waals surface area contributed by atoms with Gasteiger partial charge in [0.2, 0.25) is 10.0 Å². The van der Waals surface area contributed by atoms with Crippen molar-refractivity contribution in [2.24, 2.45) is 0 Å². The van der Waals surface area contributed by atoms with Crippen LogP contribution in [0.2, 0.25) is 5.02 Å². The fourth-order valence-electron chi connectivity index (χ4n) is 2.33. The molecule has 2 aromatic rings. The van der Waals surface area contributed by atoms with E-state index in [0.29, 0.717) is 11.3 Å². The molecule has 6 nitrogen and oxygen atoms in total. The van der Waals surface area contributed by atoms with E-state index in [0.717, 1.165) is 16.1 Å². The number of nitrogens with one attached hydrogen (secondary N) is 1. The van der Waals surface area contributed by atoms with Crippen molar-refractivity contribution in [2.45, 2.75) is 11.4 Å². The molecule has 26 heavy (non-hydrogen) atoms. The van der Waals surface area contributed by atoms with Gasteiger partial charge in [0.15, 0.2) is 0 Å². The van der Waals surface area contributed by atoms with Crippen molar-refractivity contribution < 1.29 is 17.9 Å². The highest BCUT2D eigenvalue weighted by Gasteiger charge is 2.19. The molecule has 2 rings (SSSR count). The molecular weight excluding hydrogens is 381 g/mol. The largest absolute Gasteiger partial charge is 0.507 e. The minimum Gasteiger partial charge on any atom is -0.507 e. The number of rotatable bonds is 6. The van der Waals surface area contributed by atoms with Crippen molar-refractivity contribution in [1.82, 2.24) is 4.31 Å². The van der Waals surface area contributed by atoms with E-state index in [-0.39, 0.29) is 22.2 Å². The topological polar surface area (TPSA) is 72.9 Å². The predicted octanol–water partition coefficient (Wildman–Crippen LogP) is 3.11. The second-order valence-corrected chi connectivity index (χ2v) is 8.67. The Balaban J connectivity index is 2.40. The van der Waals surface area contributed by atoms with Gasteiger partial charge in [-0.05, 0) is 24.3 Å². The van der Waals surface area contributed by atoms with Crippen LogP contribution in [0.25, 0.3) is 0 Å². The van der Waals surface area contributed by atoms with Crippen LogP contribution in [0.15, 0.2) is 35.2 Å². The lowest BCUT2D eigenvalue weighted by Gasteiger charge is -2.21. The van der Waals surface area contributed by atoms with Crippen LogP contribution in [0.4, 0.5) is 15.8 Å². The molecule has 0 saturated heterocycles. The second-order valence-electron chi connectivity index (χ2n) is 6.11. The summed E-state index contributed by atoms with van der Waals surface area (Å²) in [6.07, 6.45) is 0. The van der Waals surface area contributed by atoms with E-state index in [4.69, 9.17) is 11.6 Å². The lowest BCUT2D eigenvalue weighted by molar-refractivity contribution is 0.463. The van der Waals surface area contributed by atoms with Gasteiger partial charge < -0.3 is 15.3 Å². The van der Waals surface area contributed by atoms with Gasteiger partial charge in [0, 0.05) is 46.4 Å². The van der Waals surface area contributed by atoms with Crippen LogP contribution in [-0.4, -0.2) is 46.0 Å². The fraction of sp³-hybridized carbons (Fsp3) is 0.294. The molecule has 0 aliphatic heterocycles. The van der Waals surface area contributed by atoms with Gasteiger partial charge in [-0.25, -0.2) is 17.1 Å². The van der Waals surface area contributed by atoms with E-state index in [1.54, 1.807) is 6.07 Å². The summed E-state index contributed by atoms with van der Waals surface area (Å²) >= 11 is 5.76. The molecule has 0 aliphatic rings. The number of hydrogen-bond acceptors (Lipinski definition) is 5. The molecule has 9 heteroatoms. The Morgan fingerprint density at radius 3 is 2.38 bits per heavy atom. The highest BCUT2D eigenvalue weighted by molar-refractivity contribution is 7.89. The van der Waals surface area contributed by atoms with Crippen molar-refractivity contribution in [2.75, 3.05) is 38.4 Å². The number of sulfonamides is 1. The van der Waals surface area contributed by atoms with Gasteiger partial charge in [0.25, 0.3) is 0 Å². The molecule has 0 saturated carbocycles. The van der Waals surface area contributed by atoms with Crippen LogP contribution in [0.5, 0.6) is 5.75 Å². The molecule has 0 aromatic heterocycles. The van der Waals surface area contributed by atoms with Crippen molar-refractivity contribution >= 4 is 33.0 Å². The van der Waals surface area contributed by atoms with Crippen LogP contribution < -0.4 is 10.2 Å². The standard InChI is InChI=1S/C17H21ClFN3O3S/c1-21(2)16-6-5-12(26(24,25)22(3)4)8-15(16)20-10-11-7-13(18)14(19)9-17(11)23/h5-9,20,23H,10H2,1-4H3. The van der Waals surface area contributed by atoms with E-state index in [1.165, 1.54) is 32.3 Å². The molecule has 0 bridgehead atoms. The maximum absolute atomic E-state index is 13.4. The molecule has 0 heterocycles. The van der Waals surface area contributed by atoms with Gasteiger partial charge in [-0.2, -0.15) is 0 Å². The highest BCUT2D eigenvalue weighted by atomic mass is 35.5. The zero-order valence-corrected chi connectivity index (χ0v) is 16.5. The third-order valence-corrected chi connectivity index (χ3v) is 5.92. The average molecular weight is 402 g/mol. The highest BCUT2D eigenvalue weighted by Crippen LogP contribution is 2.31. The first kappa shape index (κ1) is 20.3. The van der Waals surface area contributed by atoms with Crippen LogP contribution in [-0.2, 0) is 16.6 Å². The molecule has 2 aromatic carbocycles. The quantitative estimate of drug-likeness (QED) is 0.778. The van der Waals surface area contributed by atoms with Crippen LogP contribution in [0.3, 0.4) is 0 Å². The van der Waals surface area contributed by atoms with E-state index in [9.17, 15) is 17.9 Å². The van der Waals surface area contributed by atoms with E-state index in [2.05, 4.69) is 5.32 Å². The number of halogens is 2. The molecule has 0 atom stereocenters. The Labute approximate surface area is 157 Å². The van der Waals surface area contributed by atoms with Gasteiger partial charge in [-0.1, -0.05) is 11.6 Å². The zero-order valence-electron chi connectivity index (χ0n) is 14.9. The number of aromatic hydroxyl groups is 1. The summed E-state index contributed by atoms with van der Waals surface area (Å²) in [5.41, 5.74) is 1.70. The minimum absolute atomic E-state index is 0.101. The molecule has 0 radical (unpaired) electrons. The normalized spacial score (nSPS) is 11.7. The zero-order chi connectivity index (χ0) is 19.6. The lowest BCUT2D eigenvalue weighted by atomic mass is 10.2. The summed E-state index contributed by atoms with van der Waals surface area (Å²) in [5.74, 6) is -0.941. The Bertz CT molecular complexity index is 918. The minimum atomic E-state index is -3.59. The van der Waals surface area contributed by atoms with E-state index in [1.807, 2.05) is 19.0 Å². The fourth-order valence-corrected chi connectivity index (χ4v) is 3.44. The Hall–Kier alpha value is -2.03. The number of anilines is 2. The van der Waals surface area contributed by atoms with Gasteiger partial charge >= 0.3 is 0 Å². The van der Waals surface area contributed by atoms with Crippen molar-refractivity contribution in [1.29, 1.82) is 0 Å². The number of phenols is 1. The Kier molecular flexibility index (Phi) is 6.00. The first-order valence-corrected chi connectivity index (χ1v) is 9.50. The average Bonchev–Trinajstić information content (AvgIpc) is 2.56. The molecule has 0 spiro atoms. The third-order valence-electron chi connectivity index (χ3n) is 3.82. The first-order valence-electron chi connectivity index (χ1n) is 7.68. The molecular formula is C17H21ClFN3O3S. The van der Waals surface area contributed by atoms with Crippen molar-refractivity contribution in [3.05, 3.63) is 46.7 Å². The predicted molar refractivity (Wildman–Crippen MR) is 102 cm³/mol. The number of hydrogen-bond donors (Lipinski definition) is 2. The summed E-state index contributed by atoms with van der Waals surface area (Å²) in [4.78, 5) is 1.96. The molecule has 0 unspecified atom stereocenters. The Morgan fingerprint density at radius 1 is 1.15 bits per heavy atom. The maximum Gasteiger partial charge on any atom is 0.242 e. The lowest BCUT2D eigenvalue weighted by Crippen LogP contribution is -2.22. The summed E-state index contributed by atoms with van der Waals surface area (Å²) in [5, 5.41) is 12.9. The molecule has 0 amide bonds. The second kappa shape index (κ2) is 7.69. The molecule has 2 N–H and O–H groups in total. The molecule has 142 valence electrons. The van der Waals surface area contributed by atoms with E-state index < -0.39 is 15.8 Å². The van der Waals surface area contributed by atoms with Crippen LogP contribution >= 0.6 is 11.6 Å². The summed E-state index contributed by atoms with van der Waals surface area (Å²) < 4.78 is 39.2. The molecule has 0 aliphatic carbocycles. The number of nitrogens with zero attached hydrogens (tertiary/aromatic N) is 2. The van der Waals surface area contributed by atoms with Gasteiger partial charge in [-0.3, -0.25) is 0 Å². The number of phenolic OH excluding ortho intramolecular Hbond substituents is 1. The SMILES string of the molecule is CN(C)c1ccc(S(=O)(=O)N(C)C)cc1NCc1cc(Cl)c(F)cc1O. The Morgan fingerprint density at radius 2 is 1.81 bits per heavy atom. The summed E-state index contributed by atoms with van der Waals surface area (Å²) in [6, 6.07) is 7.01. The maximum atomic E-state index is 13.4. The van der Waals surface area contributed by atoms with Gasteiger partial charge in [0.05, 0.1) is 21.3 Å². The van der Waals surface area contributed by atoms with Gasteiger partial charge in [-0.15, -0.1) is 0 Å². The summed E-state index contributed by atoms with van der Waals surface area (Å²) in [7, 11) is 2.98. The van der Waals surface area contributed by atoms with Gasteiger partial charge in [0.1, 0.15) is 11.6 Å².